The fourth-order valence-electron chi connectivity index (χ4n) is 4.49. The highest BCUT2D eigenvalue weighted by molar-refractivity contribution is 6.12. The Bertz CT molecular complexity index is 974. The van der Waals surface area contributed by atoms with Gasteiger partial charge in [-0.1, -0.05) is 6.42 Å². The zero-order valence-electron chi connectivity index (χ0n) is 18.3. The lowest BCUT2D eigenvalue weighted by Gasteiger charge is -2.33. The fourth-order valence-corrected chi connectivity index (χ4v) is 4.49. The normalized spacial score (nSPS) is 21.3. The fraction of sp³-hybridized carbons (Fsp3) is 0.440. The number of carbonyl (C=O) groups excluding carboxylic acids is 1. The first-order valence-electron chi connectivity index (χ1n) is 11.2. The summed E-state index contributed by atoms with van der Waals surface area (Å²) in [4.78, 5) is 19.3. The molecule has 1 fully saturated rings. The molecule has 0 spiro atoms. The first kappa shape index (κ1) is 21.5. The van der Waals surface area contributed by atoms with Gasteiger partial charge in [0.15, 0.2) is 0 Å². The van der Waals surface area contributed by atoms with Crippen molar-refractivity contribution in [1.29, 1.82) is 0 Å². The van der Waals surface area contributed by atoms with Crippen molar-refractivity contribution in [3.63, 3.8) is 0 Å². The van der Waals surface area contributed by atoms with E-state index in [1.807, 2.05) is 18.2 Å². The van der Waals surface area contributed by atoms with E-state index in [0.29, 0.717) is 17.3 Å². The van der Waals surface area contributed by atoms with Crippen LogP contribution in [0.2, 0.25) is 0 Å². The van der Waals surface area contributed by atoms with Crippen LogP contribution < -0.4 is 10.6 Å². The Labute approximate surface area is 183 Å². The Hall–Kier alpha value is -2.73. The number of anilines is 2. The number of amides is 1. The van der Waals surface area contributed by atoms with E-state index in [9.17, 15) is 9.18 Å². The summed E-state index contributed by atoms with van der Waals surface area (Å²) in [5.41, 5.74) is 4.28. The van der Waals surface area contributed by atoms with Crippen molar-refractivity contribution >= 4 is 29.2 Å². The van der Waals surface area contributed by atoms with Crippen molar-refractivity contribution in [2.24, 2.45) is 4.99 Å². The van der Waals surface area contributed by atoms with E-state index < -0.39 is 5.92 Å². The van der Waals surface area contributed by atoms with Crippen LogP contribution in [0.4, 0.5) is 21.5 Å². The molecule has 2 aromatic rings. The molecule has 4 rings (SSSR count). The molecule has 2 N–H and O–H groups in total. The average Bonchev–Trinajstić information content (AvgIpc) is 3.06. The molecule has 2 aromatic carbocycles. The third kappa shape index (κ3) is 5.13. The number of rotatable bonds is 7. The molecule has 5 nitrogen and oxygen atoms in total. The van der Waals surface area contributed by atoms with Gasteiger partial charge < -0.3 is 15.5 Å². The summed E-state index contributed by atoms with van der Waals surface area (Å²) >= 11 is 0. The molecule has 0 aliphatic carbocycles. The summed E-state index contributed by atoms with van der Waals surface area (Å²) in [6.07, 6.45) is 6.72. The number of piperidine rings is 1. The maximum absolute atomic E-state index is 13.6. The Morgan fingerprint density at radius 1 is 1.26 bits per heavy atom. The number of hydrogen-bond acceptors (Lipinski definition) is 4. The number of halogens is 1. The second kappa shape index (κ2) is 9.60. The van der Waals surface area contributed by atoms with Gasteiger partial charge >= 0.3 is 0 Å². The summed E-state index contributed by atoms with van der Waals surface area (Å²) in [5.74, 6) is -1.10. The van der Waals surface area contributed by atoms with Crippen molar-refractivity contribution < 1.29 is 9.18 Å². The molecule has 2 atom stereocenters. The van der Waals surface area contributed by atoms with E-state index in [1.54, 1.807) is 12.3 Å². The van der Waals surface area contributed by atoms with Crippen LogP contribution in [-0.4, -0.2) is 42.7 Å². The Morgan fingerprint density at radius 2 is 2.13 bits per heavy atom. The number of nitrogens with one attached hydrogen (secondary N) is 2. The van der Waals surface area contributed by atoms with Crippen molar-refractivity contribution in [2.45, 2.75) is 51.5 Å². The van der Waals surface area contributed by atoms with Crippen LogP contribution in [0.25, 0.3) is 0 Å². The molecule has 0 aromatic heterocycles. The molecular weight excluding hydrogens is 391 g/mol. The van der Waals surface area contributed by atoms with E-state index in [-0.39, 0.29) is 11.7 Å². The number of carbonyl (C=O) groups is 1. The van der Waals surface area contributed by atoms with Crippen LogP contribution in [0.1, 0.15) is 49.7 Å². The van der Waals surface area contributed by atoms with Crippen LogP contribution in [0.5, 0.6) is 0 Å². The van der Waals surface area contributed by atoms with Crippen molar-refractivity contribution in [2.75, 3.05) is 30.3 Å². The van der Waals surface area contributed by atoms with Gasteiger partial charge in [-0.25, -0.2) is 4.39 Å². The number of aliphatic imine (C=N–C) groups is 1. The van der Waals surface area contributed by atoms with Gasteiger partial charge in [0, 0.05) is 36.7 Å². The van der Waals surface area contributed by atoms with E-state index in [0.717, 1.165) is 36.4 Å². The van der Waals surface area contributed by atoms with E-state index >= 15 is 0 Å². The summed E-state index contributed by atoms with van der Waals surface area (Å²) in [5, 5.41) is 6.31. The van der Waals surface area contributed by atoms with Crippen LogP contribution >= 0.6 is 0 Å². The summed E-state index contributed by atoms with van der Waals surface area (Å²) < 4.78 is 13.6. The second-order valence-corrected chi connectivity index (χ2v) is 8.64. The van der Waals surface area contributed by atoms with Crippen molar-refractivity contribution in [3.8, 4) is 0 Å². The van der Waals surface area contributed by atoms with Gasteiger partial charge in [-0.15, -0.1) is 0 Å². The molecule has 31 heavy (non-hydrogen) atoms. The van der Waals surface area contributed by atoms with Crippen LogP contribution in [0.3, 0.4) is 0 Å². The molecule has 1 saturated heterocycles. The van der Waals surface area contributed by atoms with Gasteiger partial charge in [0.05, 0.1) is 5.69 Å². The van der Waals surface area contributed by atoms with E-state index in [2.05, 4.69) is 34.4 Å². The maximum Gasteiger partial charge on any atom is 0.237 e. The molecule has 2 unspecified atom stereocenters. The predicted molar refractivity (Wildman–Crippen MR) is 125 cm³/mol. The minimum atomic E-state index is -0.569. The largest absolute Gasteiger partial charge is 0.385 e. The quantitative estimate of drug-likeness (QED) is 0.473. The Morgan fingerprint density at radius 3 is 2.94 bits per heavy atom. The Kier molecular flexibility index (Phi) is 6.66. The third-order valence-electron chi connectivity index (χ3n) is 6.35. The molecule has 6 heteroatoms. The smallest absolute Gasteiger partial charge is 0.237 e. The Balaban J connectivity index is 1.33. The van der Waals surface area contributed by atoms with Crippen molar-refractivity contribution in [3.05, 3.63) is 53.3 Å². The van der Waals surface area contributed by atoms with Crippen LogP contribution in [0, 0.1) is 12.7 Å². The molecule has 2 aliphatic heterocycles. The van der Waals surface area contributed by atoms with Gasteiger partial charge in [0.1, 0.15) is 11.7 Å². The summed E-state index contributed by atoms with van der Waals surface area (Å²) in [6, 6.07) is 11.0. The van der Waals surface area contributed by atoms with Gasteiger partial charge in [0.25, 0.3) is 0 Å². The lowest BCUT2D eigenvalue weighted by atomic mass is 10.0. The molecule has 1 amide bonds. The summed E-state index contributed by atoms with van der Waals surface area (Å²) in [6.45, 7) is 7.70. The monoisotopic (exact) mass is 422 g/mol. The highest BCUT2D eigenvalue weighted by Gasteiger charge is 2.29. The van der Waals surface area contributed by atoms with Crippen molar-refractivity contribution in [1.82, 2.24) is 4.90 Å². The maximum atomic E-state index is 13.6. The van der Waals surface area contributed by atoms with Crippen LogP contribution in [-0.2, 0) is 4.79 Å². The predicted octanol–water partition coefficient (Wildman–Crippen LogP) is 5.25. The lowest BCUT2D eigenvalue weighted by molar-refractivity contribution is -0.115. The van der Waals surface area contributed by atoms with Crippen LogP contribution in [0.15, 0.2) is 41.4 Å². The molecule has 0 saturated carbocycles. The highest BCUT2D eigenvalue weighted by Crippen LogP contribution is 2.32. The molecule has 0 radical (unpaired) electrons. The number of likely N-dealkylation sites (tertiary alicyclic amines) is 1. The molecule has 2 aliphatic rings. The number of nitrogens with zero attached hydrogens (tertiary/aromatic N) is 2. The van der Waals surface area contributed by atoms with E-state index in [4.69, 9.17) is 0 Å². The standard InChI is InChI=1S/C25H31FN4O/c1-17-14-20(28-16-22-21-15-19(26)7-9-24(21)29-25(22)31)8-10-23(17)27-11-5-13-30-12-4-3-6-18(30)2/h7-10,14-16,18,22,27H,3-6,11-13H2,1-2H3,(H,29,31). The zero-order valence-corrected chi connectivity index (χ0v) is 18.3. The zero-order chi connectivity index (χ0) is 21.8. The number of hydrogen-bond donors (Lipinski definition) is 2. The SMILES string of the molecule is Cc1cc(N=CC2C(=O)Nc3ccc(F)cc32)ccc1NCCCN1CCCCC1C. The number of aryl methyl sites for hydroxylation is 1. The van der Waals surface area contributed by atoms with Gasteiger partial charge in [-0.3, -0.25) is 9.79 Å². The third-order valence-corrected chi connectivity index (χ3v) is 6.35. The van der Waals surface area contributed by atoms with E-state index in [1.165, 1.54) is 37.9 Å². The van der Waals surface area contributed by atoms with Gasteiger partial charge in [-0.05, 0) is 87.2 Å². The topological polar surface area (TPSA) is 56.7 Å². The number of benzene rings is 2. The molecule has 2 heterocycles. The van der Waals surface area contributed by atoms with Gasteiger partial charge in [-0.2, -0.15) is 0 Å². The molecule has 164 valence electrons. The number of fused-ring (bicyclic) bond motifs is 1. The first-order valence-corrected chi connectivity index (χ1v) is 11.2. The lowest BCUT2D eigenvalue weighted by Crippen LogP contribution is -2.38. The average molecular weight is 423 g/mol. The summed E-state index contributed by atoms with van der Waals surface area (Å²) in [7, 11) is 0. The minimum Gasteiger partial charge on any atom is -0.385 e. The minimum absolute atomic E-state index is 0.178. The first-order chi connectivity index (χ1) is 15.0. The van der Waals surface area contributed by atoms with Gasteiger partial charge in [0.2, 0.25) is 5.91 Å². The second-order valence-electron chi connectivity index (χ2n) is 8.64. The highest BCUT2D eigenvalue weighted by atomic mass is 19.1. The molecule has 0 bridgehead atoms. The molecular formula is C25H31FN4O.